The van der Waals surface area contributed by atoms with Gasteiger partial charge >= 0.3 is 0 Å². The quantitative estimate of drug-likeness (QED) is 0.919. The lowest BCUT2D eigenvalue weighted by Crippen LogP contribution is -2.35. The number of nitrogens with one attached hydrogen (secondary N) is 1. The molecule has 2 aromatic rings. The maximum Gasteiger partial charge on any atom is 0.105 e. The van der Waals surface area contributed by atoms with E-state index in [-0.39, 0.29) is 0 Å². The van der Waals surface area contributed by atoms with Crippen LogP contribution in [0.2, 0.25) is 0 Å². The first kappa shape index (κ1) is 14.3. The second-order valence-corrected chi connectivity index (χ2v) is 6.15. The summed E-state index contributed by atoms with van der Waals surface area (Å²) in [4.78, 5) is 4.42. The van der Waals surface area contributed by atoms with E-state index in [1.54, 1.807) is 0 Å². The van der Waals surface area contributed by atoms with Gasteiger partial charge in [-0.15, -0.1) is 0 Å². The summed E-state index contributed by atoms with van der Waals surface area (Å²) in [6.45, 7) is 7.72. The Kier molecular flexibility index (Phi) is 4.11. The molecule has 3 rings (SSSR count). The zero-order valence-corrected chi connectivity index (χ0v) is 13.2. The van der Waals surface area contributed by atoms with E-state index in [1.165, 1.54) is 11.1 Å². The number of imidazole rings is 1. The van der Waals surface area contributed by atoms with Crippen molar-refractivity contribution in [2.24, 2.45) is 0 Å². The van der Waals surface area contributed by atoms with Crippen LogP contribution in [0.4, 0.5) is 0 Å². The van der Waals surface area contributed by atoms with Crippen molar-refractivity contribution in [3.05, 3.63) is 53.6 Å². The van der Waals surface area contributed by atoms with E-state index >= 15 is 0 Å². The van der Waals surface area contributed by atoms with Crippen LogP contribution < -0.4 is 5.32 Å². The van der Waals surface area contributed by atoms with Crippen molar-refractivity contribution in [3.63, 3.8) is 0 Å². The molecule has 0 amide bonds. The summed E-state index contributed by atoms with van der Waals surface area (Å²) in [5.41, 5.74) is 2.96. The highest BCUT2D eigenvalue weighted by Gasteiger charge is 2.34. The predicted molar refractivity (Wildman–Crippen MR) is 86.5 cm³/mol. The summed E-state index contributed by atoms with van der Waals surface area (Å²) in [6, 6.07) is 9.73. The molecule has 0 radical (unpaired) electrons. The minimum atomic E-state index is 0.380. The van der Waals surface area contributed by atoms with Crippen molar-refractivity contribution in [2.45, 2.75) is 51.6 Å². The number of aryl methyl sites for hydroxylation is 1. The van der Waals surface area contributed by atoms with Crippen molar-refractivity contribution in [1.29, 1.82) is 0 Å². The summed E-state index contributed by atoms with van der Waals surface area (Å²) in [5.74, 6) is 1.70. The Bertz CT molecular complexity index is 602. The molecule has 1 aliphatic rings. The molecule has 3 nitrogen and oxygen atoms in total. The van der Waals surface area contributed by atoms with E-state index in [1.807, 2.05) is 6.20 Å². The van der Waals surface area contributed by atoms with Crippen LogP contribution in [0, 0.1) is 6.92 Å². The fourth-order valence-corrected chi connectivity index (χ4v) is 3.63. The van der Waals surface area contributed by atoms with Gasteiger partial charge in [-0.1, -0.05) is 38.1 Å². The van der Waals surface area contributed by atoms with Gasteiger partial charge in [0, 0.05) is 12.4 Å². The summed E-state index contributed by atoms with van der Waals surface area (Å²) in [5, 5.41) is 3.76. The summed E-state index contributed by atoms with van der Waals surface area (Å²) in [7, 11) is 0. The van der Waals surface area contributed by atoms with Gasteiger partial charge in [0.2, 0.25) is 0 Å². The summed E-state index contributed by atoms with van der Waals surface area (Å²) < 4.78 is 2.35. The Balaban J connectivity index is 2.02. The van der Waals surface area contributed by atoms with Crippen LogP contribution in [-0.4, -0.2) is 16.1 Å². The molecular formula is C18H25N3. The highest BCUT2D eigenvalue weighted by Crippen LogP contribution is 2.43. The van der Waals surface area contributed by atoms with E-state index in [2.05, 4.69) is 66.1 Å². The Morgan fingerprint density at radius 3 is 2.71 bits per heavy atom. The molecule has 0 saturated carbocycles. The van der Waals surface area contributed by atoms with Crippen LogP contribution in [0.5, 0.6) is 0 Å². The zero-order chi connectivity index (χ0) is 14.8. The van der Waals surface area contributed by atoms with E-state index in [0.717, 1.165) is 25.2 Å². The molecule has 21 heavy (non-hydrogen) atoms. The highest BCUT2D eigenvalue weighted by atomic mass is 15.1. The van der Waals surface area contributed by atoms with Gasteiger partial charge < -0.3 is 9.88 Å². The van der Waals surface area contributed by atoms with Crippen LogP contribution in [0.15, 0.2) is 36.7 Å². The molecule has 3 unspecified atom stereocenters. The molecule has 0 aliphatic heterocycles. The fourth-order valence-electron chi connectivity index (χ4n) is 3.63. The van der Waals surface area contributed by atoms with Crippen molar-refractivity contribution < 1.29 is 0 Å². The molecule has 0 bridgehead atoms. The largest absolute Gasteiger partial charge is 0.330 e. The zero-order valence-electron chi connectivity index (χ0n) is 13.2. The molecule has 0 fully saturated rings. The average molecular weight is 283 g/mol. The lowest BCUT2D eigenvalue weighted by Gasteiger charge is -2.38. The molecule has 1 aliphatic carbocycles. The van der Waals surface area contributed by atoms with Gasteiger partial charge in [0.25, 0.3) is 0 Å². The monoisotopic (exact) mass is 283 g/mol. The maximum atomic E-state index is 4.42. The normalized spacial score (nSPS) is 24.8. The Morgan fingerprint density at radius 2 is 2.05 bits per heavy atom. The number of hydrogen-bond acceptors (Lipinski definition) is 2. The first-order valence-electron chi connectivity index (χ1n) is 8.04. The van der Waals surface area contributed by atoms with Crippen LogP contribution in [0.3, 0.4) is 0 Å². The highest BCUT2D eigenvalue weighted by molar-refractivity contribution is 5.36. The second kappa shape index (κ2) is 6.02. The molecule has 3 heteroatoms. The van der Waals surface area contributed by atoms with Crippen molar-refractivity contribution in [2.75, 3.05) is 6.54 Å². The molecule has 1 N–H and O–H groups in total. The van der Waals surface area contributed by atoms with Crippen molar-refractivity contribution >= 4 is 0 Å². The Morgan fingerprint density at radius 1 is 1.29 bits per heavy atom. The third-order valence-corrected chi connectivity index (χ3v) is 4.68. The van der Waals surface area contributed by atoms with Gasteiger partial charge in [-0.25, -0.2) is 4.98 Å². The second-order valence-electron chi connectivity index (χ2n) is 6.15. The lowest BCUT2D eigenvalue weighted by atomic mass is 9.77. The van der Waals surface area contributed by atoms with Gasteiger partial charge in [-0.3, -0.25) is 0 Å². The minimum Gasteiger partial charge on any atom is -0.330 e. The molecule has 3 atom stereocenters. The number of nitrogens with zero attached hydrogens (tertiary/aromatic N) is 2. The number of fused-ring (bicyclic) bond motifs is 1. The number of hydrogen-bond donors (Lipinski definition) is 1. The van der Waals surface area contributed by atoms with Gasteiger partial charge in [0.05, 0.1) is 12.1 Å². The van der Waals surface area contributed by atoms with Gasteiger partial charge in [-0.05, 0) is 43.4 Å². The topological polar surface area (TPSA) is 29.9 Å². The van der Waals surface area contributed by atoms with E-state index in [0.29, 0.717) is 18.0 Å². The van der Waals surface area contributed by atoms with Crippen molar-refractivity contribution in [3.8, 4) is 0 Å². The summed E-state index contributed by atoms with van der Waals surface area (Å²) >= 11 is 0. The minimum absolute atomic E-state index is 0.380. The van der Waals surface area contributed by atoms with Crippen LogP contribution >= 0.6 is 0 Å². The molecule has 1 aromatic heterocycles. The Hall–Kier alpha value is -1.61. The van der Waals surface area contributed by atoms with Crippen LogP contribution in [0.1, 0.15) is 61.6 Å². The fraction of sp³-hybridized carbons (Fsp3) is 0.500. The molecule has 0 saturated heterocycles. The van der Waals surface area contributed by atoms with Gasteiger partial charge in [0.15, 0.2) is 0 Å². The van der Waals surface area contributed by atoms with E-state index in [4.69, 9.17) is 0 Å². The number of benzene rings is 1. The van der Waals surface area contributed by atoms with Gasteiger partial charge in [-0.2, -0.15) is 0 Å². The van der Waals surface area contributed by atoms with E-state index in [9.17, 15) is 0 Å². The SMILES string of the molecule is CCCNC1c2ccccc2C(C)CC1n1ccnc1C. The molecule has 1 heterocycles. The van der Waals surface area contributed by atoms with Gasteiger partial charge in [0.1, 0.15) is 5.82 Å². The first-order valence-corrected chi connectivity index (χ1v) is 8.04. The molecule has 1 aromatic carbocycles. The average Bonchev–Trinajstić information content (AvgIpc) is 2.92. The van der Waals surface area contributed by atoms with Crippen LogP contribution in [-0.2, 0) is 0 Å². The number of rotatable bonds is 4. The third-order valence-electron chi connectivity index (χ3n) is 4.68. The predicted octanol–water partition coefficient (Wildman–Crippen LogP) is 3.98. The van der Waals surface area contributed by atoms with E-state index < -0.39 is 0 Å². The maximum absolute atomic E-state index is 4.42. The van der Waals surface area contributed by atoms with Crippen molar-refractivity contribution in [1.82, 2.24) is 14.9 Å². The molecular weight excluding hydrogens is 258 g/mol. The third kappa shape index (κ3) is 2.62. The summed E-state index contributed by atoms with van der Waals surface area (Å²) in [6.07, 6.45) is 6.36. The van der Waals surface area contributed by atoms with Crippen LogP contribution in [0.25, 0.3) is 0 Å². The smallest absolute Gasteiger partial charge is 0.105 e. The first-order chi connectivity index (χ1) is 10.2. The lowest BCUT2D eigenvalue weighted by molar-refractivity contribution is 0.294. The number of aromatic nitrogens is 2. The molecule has 112 valence electrons. The molecule has 0 spiro atoms. The Labute approximate surface area is 127 Å². The standard InChI is InChI=1S/C18H25N3/c1-4-9-20-18-16-8-6-5-7-15(16)13(2)12-17(18)21-11-10-19-14(21)3/h5-8,10-11,13,17-18,20H,4,9,12H2,1-3H3.